The fourth-order valence-electron chi connectivity index (χ4n) is 2.29. The number of carbonyl (C=O) groups excluding carboxylic acids is 1. The van der Waals surface area contributed by atoms with Crippen LogP contribution in [0, 0.1) is 0 Å². The standard InChI is InChI=1S/C19H27IO3/c1-7-8-16(20)14-9-13(11-23-18(22)12(2)3)10-15(17(14)21)19(4,5)6/h9-10,16,21H,2,7-8,11H2,1,3-6H3. The van der Waals surface area contributed by atoms with Crippen LogP contribution >= 0.6 is 22.6 Å². The first-order valence-corrected chi connectivity index (χ1v) is 9.15. The van der Waals surface area contributed by atoms with E-state index in [2.05, 4.69) is 56.9 Å². The van der Waals surface area contributed by atoms with E-state index in [0.717, 1.165) is 29.5 Å². The van der Waals surface area contributed by atoms with E-state index in [1.807, 2.05) is 12.1 Å². The lowest BCUT2D eigenvalue weighted by Crippen LogP contribution is -2.14. The zero-order valence-corrected chi connectivity index (χ0v) is 16.9. The maximum absolute atomic E-state index is 11.6. The lowest BCUT2D eigenvalue weighted by molar-refractivity contribution is -0.140. The number of hydrogen-bond acceptors (Lipinski definition) is 3. The molecular formula is C19H27IO3. The van der Waals surface area contributed by atoms with Crippen LogP contribution in [0.3, 0.4) is 0 Å². The van der Waals surface area contributed by atoms with Gasteiger partial charge in [-0.15, -0.1) is 0 Å². The Morgan fingerprint density at radius 1 is 1.39 bits per heavy atom. The Balaban J connectivity index is 3.23. The van der Waals surface area contributed by atoms with Gasteiger partial charge < -0.3 is 9.84 Å². The van der Waals surface area contributed by atoms with Gasteiger partial charge in [0, 0.05) is 15.1 Å². The summed E-state index contributed by atoms with van der Waals surface area (Å²) < 4.78 is 5.50. The lowest BCUT2D eigenvalue weighted by atomic mass is 9.83. The summed E-state index contributed by atoms with van der Waals surface area (Å²) in [5.41, 5.74) is 2.90. The molecule has 0 spiro atoms. The number of halogens is 1. The molecule has 0 bridgehead atoms. The van der Waals surface area contributed by atoms with Crippen LogP contribution < -0.4 is 0 Å². The van der Waals surface area contributed by atoms with Crippen LogP contribution in [0.1, 0.15) is 68.1 Å². The summed E-state index contributed by atoms with van der Waals surface area (Å²) in [5, 5.41) is 10.7. The first-order chi connectivity index (χ1) is 10.6. The van der Waals surface area contributed by atoms with E-state index >= 15 is 0 Å². The Labute approximate surface area is 153 Å². The van der Waals surface area contributed by atoms with Gasteiger partial charge in [-0.3, -0.25) is 0 Å². The van der Waals surface area contributed by atoms with Crippen molar-refractivity contribution in [1.82, 2.24) is 0 Å². The number of benzene rings is 1. The lowest BCUT2D eigenvalue weighted by Gasteiger charge is -2.25. The van der Waals surface area contributed by atoms with Gasteiger partial charge in [-0.05, 0) is 42.0 Å². The fraction of sp³-hybridized carbons (Fsp3) is 0.526. The first kappa shape index (κ1) is 20.0. The van der Waals surface area contributed by atoms with Gasteiger partial charge in [-0.25, -0.2) is 4.79 Å². The molecule has 0 amide bonds. The molecule has 3 nitrogen and oxygen atoms in total. The SMILES string of the molecule is C=C(C)C(=O)OCc1cc(C(I)CCC)c(O)c(C(C)(C)C)c1. The van der Waals surface area contributed by atoms with Crippen molar-refractivity contribution in [3.05, 3.63) is 41.0 Å². The van der Waals surface area contributed by atoms with Crippen LogP contribution in [0.25, 0.3) is 0 Å². The minimum absolute atomic E-state index is 0.185. The fourth-order valence-corrected chi connectivity index (χ4v) is 3.39. The van der Waals surface area contributed by atoms with Crippen LogP contribution in [0.2, 0.25) is 0 Å². The Kier molecular flexibility index (Phi) is 7.11. The molecular weight excluding hydrogens is 403 g/mol. The predicted molar refractivity (Wildman–Crippen MR) is 103 cm³/mol. The molecule has 23 heavy (non-hydrogen) atoms. The van der Waals surface area contributed by atoms with Crippen molar-refractivity contribution in [3.63, 3.8) is 0 Å². The molecule has 0 aliphatic heterocycles. The van der Waals surface area contributed by atoms with Crippen molar-refractivity contribution in [3.8, 4) is 5.75 Å². The van der Waals surface area contributed by atoms with Gasteiger partial charge in [0.2, 0.25) is 0 Å². The van der Waals surface area contributed by atoms with Crippen molar-refractivity contribution in [2.45, 2.75) is 63.4 Å². The molecule has 0 saturated carbocycles. The highest BCUT2D eigenvalue weighted by molar-refractivity contribution is 14.1. The molecule has 0 heterocycles. The van der Waals surface area contributed by atoms with Crippen LogP contribution in [-0.4, -0.2) is 11.1 Å². The number of rotatable bonds is 6. The Morgan fingerprint density at radius 2 is 2.00 bits per heavy atom. The van der Waals surface area contributed by atoms with Gasteiger partial charge in [0.1, 0.15) is 12.4 Å². The molecule has 1 unspecified atom stereocenters. The van der Waals surface area contributed by atoms with Crippen LogP contribution in [-0.2, 0) is 21.6 Å². The Bertz CT molecular complexity index is 585. The number of hydrogen-bond donors (Lipinski definition) is 1. The van der Waals surface area contributed by atoms with Crippen LogP contribution in [0.5, 0.6) is 5.75 Å². The summed E-state index contributed by atoms with van der Waals surface area (Å²) in [6.45, 7) is 13.7. The van der Waals surface area contributed by atoms with E-state index in [9.17, 15) is 9.90 Å². The topological polar surface area (TPSA) is 46.5 Å². The average Bonchev–Trinajstić information content (AvgIpc) is 2.44. The number of alkyl halides is 1. The van der Waals surface area contributed by atoms with E-state index in [1.165, 1.54) is 0 Å². The van der Waals surface area contributed by atoms with Crippen LogP contribution in [0.4, 0.5) is 0 Å². The van der Waals surface area contributed by atoms with Crippen molar-refractivity contribution in [2.75, 3.05) is 0 Å². The maximum Gasteiger partial charge on any atom is 0.333 e. The summed E-state index contributed by atoms with van der Waals surface area (Å²) in [4.78, 5) is 11.6. The van der Waals surface area contributed by atoms with E-state index in [1.54, 1.807) is 6.92 Å². The minimum atomic E-state index is -0.392. The molecule has 1 N–H and O–H groups in total. The van der Waals surface area contributed by atoms with Gasteiger partial charge in [0.25, 0.3) is 0 Å². The van der Waals surface area contributed by atoms with E-state index in [-0.39, 0.29) is 15.9 Å². The third-order valence-corrected chi connectivity index (χ3v) is 4.90. The van der Waals surface area contributed by atoms with Crippen molar-refractivity contribution in [2.24, 2.45) is 0 Å². The third kappa shape index (κ3) is 5.52. The quantitative estimate of drug-likeness (QED) is 0.277. The zero-order valence-electron chi connectivity index (χ0n) is 14.7. The number of esters is 1. The van der Waals surface area contributed by atoms with Gasteiger partial charge in [0.15, 0.2) is 0 Å². The number of phenolic OH excluding ortho intramolecular Hbond substituents is 1. The van der Waals surface area contributed by atoms with Gasteiger partial charge in [-0.2, -0.15) is 0 Å². The second kappa shape index (κ2) is 8.18. The Hall–Kier alpha value is -1.04. The molecule has 0 radical (unpaired) electrons. The van der Waals surface area contributed by atoms with Gasteiger partial charge in [0.05, 0.1) is 0 Å². The normalized spacial score (nSPS) is 12.8. The summed E-state index contributed by atoms with van der Waals surface area (Å²) in [5.74, 6) is -0.0307. The second-order valence-corrected chi connectivity index (χ2v) is 8.45. The summed E-state index contributed by atoms with van der Waals surface area (Å²) >= 11 is 2.37. The molecule has 1 atom stereocenters. The summed E-state index contributed by atoms with van der Waals surface area (Å²) in [6.07, 6.45) is 2.04. The van der Waals surface area contributed by atoms with Gasteiger partial charge in [-0.1, -0.05) is 63.3 Å². The second-order valence-electron chi connectivity index (χ2n) is 6.94. The third-order valence-electron chi connectivity index (χ3n) is 3.61. The first-order valence-electron chi connectivity index (χ1n) is 7.90. The largest absolute Gasteiger partial charge is 0.507 e. The number of carbonyl (C=O) groups is 1. The molecule has 0 aromatic heterocycles. The molecule has 0 aliphatic rings. The number of ether oxygens (including phenoxy) is 1. The van der Waals surface area contributed by atoms with Gasteiger partial charge >= 0.3 is 5.97 Å². The highest BCUT2D eigenvalue weighted by Crippen LogP contribution is 2.41. The van der Waals surface area contributed by atoms with Crippen LogP contribution in [0.15, 0.2) is 24.3 Å². The molecule has 128 valence electrons. The molecule has 0 aliphatic carbocycles. The van der Waals surface area contributed by atoms with E-state index < -0.39 is 5.97 Å². The molecule has 0 fully saturated rings. The average molecular weight is 430 g/mol. The number of phenols is 1. The Morgan fingerprint density at radius 3 is 2.48 bits per heavy atom. The van der Waals surface area contributed by atoms with E-state index in [4.69, 9.17) is 4.74 Å². The highest BCUT2D eigenvalue weighted by atomic mass is 127. The molecule has 1 aromatic rings. The van der Waals surface area contributed by atoms with Crippen molar-refractivity contribution in [1.29, 1.82) is 0 Å². The molecule has 0 saturated heterocycles. The zero-order chi connectivity index (χ0) is 17.8. The highest BCUT2D eigenvalue weighted by Gasteiger charge is 2.24. The molecule has 1 aromatic carbocycles. The monoisotopic (exact) mass is 430 g/mol. The minimum Gasteiger partial charge on any atom is -0.507 e. The van der Waals surface area contributed by atoms with Crippen molar-refractivity contribution < 1.29 is 14.6 Å². The van der Waals surface area contributed by atoms with E-state index in [0.29, 0.717) is 11.3 Å². The number of aromatic hydroxyl groups is 1. The summed E-state index contributed by atoms with van der Waals surface area (Å²) in [7, 11) is 0. The summed E-state index contributed by atoms with van der Waals surface area (Å²) in [6, 6.07) is 3.88. The maximum atomic E-state index is 11.6. The molecule has 4 heteroatoms. The molecule has 1 rings (SSSR count). The predicted octanol–water partition coefficient (Wildman–Crippen LogP) is 5.59. The smallest absolute Gasteiger partial charge is 0.333 e. The van der Waals surface area contributed by atoms with Crippen molar-refractivity contribution >= 4 is 28.6 Å².